The number of ether oxygens (including phenoxy) is 6. The summed E-state index contributed by atoms with van der Waals surface area (Å²) < 4.78 is 30.1. The summed E-state index contributed by atoms with van der Waals surface area (Å²) in [7, 11) is 0. The highest BCUT2D eigenvalue weighted by Gasteiger charge is 2.12. The second kappa shape index (κ2) is 20.8. The molecule has 0 unspecified atom stereocenters. The van der Waals surface area contributed by atoms with E-state index in [0.29, 0.717) is 17.9 Å². The minimum atomic E-state index is -0.677. The van der Waals surface area contributed by atoms with Crippen molar-refractivity contribution in [2.24, 2.45) is 0 Å². The van der Waals surface area contributed by atoms with Gasteiger partial charge in [-0.3, -0.25) is 14.4 Å². The topological polar surface area (TPSA) is 158 Å². The SMILES string of the molecule is C=CC(=O)OCCOC(=O)CCC(=O)OCCC(=O)Oc1ccc(-c2ccc(C=CC(=O)Oc3ccc(CCOC(=O)C=C)cc3)cc2)cc1. The van der Waals surface area contributed by atoms with Crippen LogP contribution >= 0.6 is 0 Å². The first-order valence-electron chi connectivity index (χ1n) is 15.4. The molecule has 0 saturated carbocycles. The van der Waals surface area contributed by atoms with Gasteiger partial charge >= 0.3 is 35.8 Å². The van der Waals surface area contributed by atoms with Crippen LogP contribution in [0.1, 0.15) is 30.4 Å². The molecule has 3 aromatic carbocycles. The molecule has 3 aromatic rings. The maximum absolute atomic E-state index is 12.3. The molecule has 12 heteroatoms. The maximum atomic E-state index is 12.3. The number of rotatable bonds is 19. The van der Waals surface area contributed by atoms with Crippen LogP contribution in [0.25, 0.3) is 17.2 Å². The van der Waals surface area contributed by atoms with Gasteiger partial charge in [0.2, 0.25) is 0 Å². The number of esters is 6. The third-order valence-electron chi connectivity index (χ3n) is 6.55. The van der Waals surface area contributed by atoms with E-state index in [1.54, 1.807) is 54.6 Å². The third kappa shape index (κ3) is 14.6. The zero-order chi connectivity index (χ0) is 36.1. The molecule has 0 aliphatic rings. The lowest BCUT2D eigenvalue weighted by molar-refractivity contribution is -0.153. The molecular formula is C38H36O12. The van der Waals surface area contributed by atoms with Gasteiger partial charge in [0.05, 0.1) is 25.9 Å². The van der Waals surface area contributed by atoms with Crippen molar-refractivity contribution in [2.75, 3.05) is 26.4 Å². The van der Waals surface area contributed by atoms with Crippen LogP contribution < -0.4 is 9.47 Å². The van der Waals surface area contributed by atoms with Crippen LogP contribution in [-0.2, 0) is 54.1 Å². The standard InChI is InChI=1S/C38H36O12/c1-3-33(39)45-23-21-28-7-14-31(15-8-28)49-37(43)18-9-27-5-10-29(11-6-27)30-12-16-32(17-13-30)50-38(44)22-24-46-35(41)19-20-36(42)48-26-25-47-34(40)4-2/h3-18H,1-2,19-26H2. The van der Waals surface area contributed by atoms with Gasteiger partial charge in [-0.1, -0.05) is 61.7 Å². The predicted octanol–water partition coefficient (Wildman–Crippen LogP) is 5.14. The second-order valence-electron chi connectivity index (χ2n) is 10.2. The number of benzene rings is 3. The number of carbonyl (C=O) groups excluding carboxylic acids is 6. The maximum Gasteiger partial charge on any atom is 0.336 e. The van der Waals surface area contributed by atoms with Crippen molar-refractivity contribution < 1.29 is 57.2 Å². The molecule has 0 aliphatic heterocycles. The Hall–Kier alpha value is -6.30. The van der Waals surface area contributed by atoms with Crippen molar-refractivity contribution >= 4 is 41.9 Å². The minimum Gasteiger partial charge on any atom is -0.465 e. The molecule has 0 saturated heterocycles. The van der Waals surface area contributed by atoms with Gasteiger partial charge in [-0.15, -0.1) is 0 Å². The van der Waals surface area contributed by atoms with Gasteiger partial charge in [0.15, 0.2) is 0 Å². The number of hydrogen-bond donors (Lipinski definition) is 0. The quantitative estimate of drug-likeness (QED) is 0.0540. The molecule has 0 spiro atoms. The molecule has 50 heavy (non-hydrogen) atoms. The summed E-state index contributed by atoms with van der Waals surface area (Å²) in [6, 6.07) is 21.2. The third-order valence-corrected chi connectivity index (χ3v) is 6.55. The van der Waals surface area contributed by atoms with Crippen LogP contribution in [-0.4, -0.2) is 62.2 Å². The van der Waals surface area contributed by atoms with Gasteiger partial charge in [-0.05, 0) is 52.6 Å². The Balaban J connectivity index is 1.35. The van der Waals surface area contributed by atoms with Gasteiger partial charge in [0, 0.05) is 24.6 Å². The summed E-state index contributed by atoms with van der Waals surface area (Å²) >= 11 is 0. The highest BCUT2D eigenvalue weighted by molar-refractivity contribution is 5.89. The van der Waals surface area contributed by atoms with Crippen molar-refractivity contribution in [3.8, 4) is 22.6 Å². The molecule has 3 rings (SSSR count). The first-order valence-corrected chi connectivity index (χ1v) is 15.4. The second-order valence-corrected chi connectivity index (χ2v) is 10.2. The molecule has 0 amide bonds. The summed E-state index contributed by atoms with van der Waals surface area (Å²) in [6.45, 7) is 6.32. The fourth-order valence-corrected chi connectivity index (χ4v) is 4.00. The summed E-state index contributed by atoms with van der Waals surface area (Å²) in [5.41, 5.74) is 3.47. The van der Waals surface area contributed by atoms with Crippen molar-refractivity contribution in [2.45, 2.75) is 25.7 Å². The largest absolute Gasteiger partial charge is 0.465 e. The molecule has 0 atom stereocenters. The van der Waals surface area contributed by atoms with Crippen LogP contribution in [0.15, 0.2) is 104 Å². The molecule has 0 fully saturated rings. The van der Waals surface area contributed by atoms with E-state index in [0.717, 1.165) is 34.4 Å². The lowest BCUT2D eigenvalue weighted by Crippen LogP contribution is -2.16. The first kappa shape index (κ1) is 38.2. The van der Waals surface area contributed by atoms with Crippen LogP contribution in [0.5, 0.6) is 11.5 Å². The van der Waals surface area contributed by atoms with Gasteiger partial charge in [-0.25, -0.2) is 14.4 Å². The Kier molecular flexibility index (Phi) is 15.9. The van der Waals surface area contributed by atoms with Gasteiger partial charge in [-0.2, -0.15) is 0 Å². The summed E-state index contributed by atoms with van der Waals surface area (Å²) in [5, 5.41) is 0. The first-order chi connectivity index (χ1) is 24.1. The van der Waals surface area contributed by atoms with E-state index in [9.17, 15) is 28.8 Å². The molecule has 12 nitrogen and oxygen atoms in total. The van der Waals surface area contributed by atoms with E-state index < -0.39 is 35.8 Å². The van der Waals surface area contributed by atoms with Crippen LogP contribution in [0.2, 0.25) is 0 Å². The lowest BCUT2D eigenvalue weighted by Gasteiger charge is -2.08. The Morgan fingerprint density at radius 1 is 0.500 bits per heavy atom. The van der Waals surface area contributed by atoms with Gasteiger partial charge < -0.3 is 28.4 Å². The molecule has 0 bridgehead atoms. The fraction of sp³-hybridized carbons (Fsp3) is 0.211. The zero-order valence-electron chi connectivity index (χ0n) is 27.2. The highest BCUT2D eigenvalue weighted by Crippen LogP contribution is 2.23. The summed E-state index contributed by atoms with van der Waals surface area (Å²) in [4.78, 5) is 69.9. The van der Waals surface area contributed by atoms with Crippen LogP contribution in [0.3, 0.4) is 0 Å². The fourth-order valence-electron chi connectivity index (χ4n) is 4.00. The Labute approximate surface area is 288 Å². The van der Waals surface area contributed by atoms with E-state index in [1.165, 1.54) is 6.08 Å². The molecular weight excluding hydrogens is 648 g/mol. The molecule has 0 aromatic heterocycles. The summed E-state index contributed by atoms with van der Waals surface area (Å²) in [5.74, 6) is -2.89. The average Bonchev–Trinajstić information content (AvgIpc) is 3.12. The normalized spacial score (nSPS) is 10.4. The van der Waals surface area contributed by atoms with Gasteiger partial charge in [0.1, 0.15) is 31.3 Å². The Morgan fingerprint density at radius 2 is 1.00 bits per heavy atom. The smallest absolute Gasteiger partial charge is 0.336 e. The minimum absolute atomic E-state index is 0.126. The lowest BCUT2D eigenvalue weighted by atomic mass is 10.0. The van der Waals surface area contributed by atoms with E-state index in [-0.39, 0.29) is 45.7 Å². The highest BCUT2D eigenvalue weighted by atomic mass is 16.6. The summed E-state index contributed by atoms with van der Waals surface area (Å²) in [6.07, 6.45) is 4.93. The molecule has 0 radical (unpaired) electrons. The van der Waals surface area contributed by atoms with Crippen LogP contribution in [0.4, 0.5) is 0 Å². The molecule has 0 N–H and O–H groups in total. The number of carbonyl (C=O) groups is 6. The monoisotopic (exact) mass is 684 g/mol. The van der Waals surface area contributed by atoms with Gasteiger partial charge in [0.25, 0.3) is 0 Å². The van der Waals surface area contributed by atoms with E-state index in [1.807, 2.05) is 24.3 Å². The number of hydrogen-bond acceptors (Lipinski definition) is 12. The molecule has 0 heterocycles. The van der Waals surface area contributed by atoms with Crippen molar-refractivity contribution in [3.63, 3.8) is 0 Å². The Morgan fingerprint density at radius 3 is 1.60 bits per heavy atom. The molecule has 260 valence electrons. The Bertz CT molecular complexity index is 1670. The zero-order valence-corrected chi connectivity index (χ0v) is 27.2. The predicted molar refractivity (Wildman–Crippen MR) is 180 cm³/mol. The average molecular weight is 685 g/mol. The van der Waals surface area contributed by atoms with E-state index in [4.69, 9.17) is 23.7 Å². The van der Waals surface area contributed by atoms with E-state index in [2.05, 4.69) is 17.9 Å². The van der Waals surface area contributed by atoms with Crippen molar-refractivity contribution in [1.29, 1.82) is 0 Å². The molecule has 0 aliphatic carbocycles. The van der Waals surface area contributed by atoms with E-state index >= 15 is 0 Å². The van der Waals surface area contributed by atoms with Crippen LogP contribution in [0, 0.1) is 0 Å². The van der Waals surface area contributed by atoms with Crippen molar-refractivity contribution in [1.82, 2.24) is 0 Å². The van der Waals surface area contributed by atoms with Crippen molar-refractivity contribution in [3.05, 3.63) is 115 Å².